The van der Waals surface area contributed by atoms with Crippen LogP contribution in [0.4, 0.5) is 13.2 Å². The van der Waals surface area contributed by atoms with Gasteiger partial charge in [-0.3, -0.25) is 19.2 Å². The summed E-state index contributed by atoms with van der Waals surface area (Å²) in [7, 11) is 0. The molecule has 1 saturated heterocycles. The topological polar surface area (TPSA) is 133 Å². The number of esters is 4. The first-order valence-electron chi connectivity index (χ1n) is 14.5. The predicted molar refractivity (Wildman–Crippen MR) is 153 cm³/mol. The molecule has 0 N–H and O–H groups in total. The quantitative estimate of drug-likeness (QED) is 0.159. The minimum absolute atomic E-state index is 0.119. The Hall–Kier alpha value is -4.17. The smallest absolute Gasteiger partial charge is 0.416 e. The van der Waals surface area contributed by atoms with Crippen LogP contribution in [0, 0.1) is 0 Å². The molecule has 14 heteroatoms. The monoisotopic (exact) mass is 654 g/mol. The minimum atomic E-state index is -4.39. The second-order valence-corrected chi connectivity index (χ2v) is 10.5. The van der Waals surface area contributed by atoms with Crippen molar-refractivity contribution in [3.05, 3.63) is 65.2 Å². The third-order valence-electron chi connectivity index (χ3n) is 6.70. The lowest BCUT2D eigenvalue weighted by atomic mass is 9.98. The maximum Gasteiger partial charge on any atom is 0.416 e. The fourth-order valence-corrected chi connectivity index (χ4v) is 4.66. The second-order valence-electron chi connectivity index (χ2n) is 10.5. The minimum Gasteiger partial charge on any atom is -0.489 e. The van der Waals surface area contributed by atoms with Gasteiger partial charge in [-0.15, -0.1) is 0 Å². The predicted octanol–water partition coefficient (Wildman–Crippen LogP) is 4.71. The zero-order valence-corrected chi connectivity index (χ0v) is 25.9. The van der Waals surface area contributed by atoms with E-state index in [1.165, 1.54) is 19.1 Å². The maximum absolute atomic E-state index is 12.7. The van der Waals surface area contributed by atoms with Crippen LogP contribution in [0.25, 0.3) is 0 Å². The van der Waals surface area contributed by atoms with Crippen molar-refractivity contribution in [3.8, 4) is 5.75 Å². The molecule has 0 unspecified atom stereocenters. The highest BCUT2D eigenvalue weighted by molar-refractivity contribution is 5.68. The molecule has 0 radical (unpaired) electrons. The fraction of sp³-hybridized carbons (Fsp3) is 0.500. The van der Waals surface area contributed by atoms with Crippen molar-refractivity contribution in [3.63, 3.8) is 0 Å². The van der Waals surface area contributed by atoms with Crippen LogP contribution in [-0.4, -0.2) is 67.8 Å². The molecule has 1 heterocycles. The van der Waals surface area contributed by atoms with Gasteiger partial charge in [-0.05, 0) is 54.7 Å². The normalized spacial score (nSPS) is 21.2. The molecule has 0 aliphatic carbocycles. The van der Waals surface area contributed by atoms with Gasteiger partial charge >= 0.3 is 30.1 Å². The van der Waals surface area contributed by atoms with E-state index < -0.39 is 66.3 Å². The van der Waals surface area contributed by atoms with Gasteiger partial charge in [0.05, 0.1) is 5.56 Å². The first kappa shape index (κ1) is 36.3. The van der Waals surface area contributed by atoms with Crippen LogP contribution in [0.2, 0.25) is 0 Å². The molecule has 5 atom stereocenters. The van der Waals surface area contributed by atoms with Gasteiger partial charge in [0, 0.05) is 34.3 Å². The van der Waals surface area contributed by atoms with Crippen LogP contribution in [0.3, 0.4) is 0 Å². The van der Waals surface area contributed by atoms with Gasteiger partial charge < -0.3 is 33.2 Å². The van der Waals surface area contributed by atoms with Crippen molar-refractivity contribution in [2.45, 2.75) is 90.4 Å². The van der Waals surface area contributed by atoms with Crippen LogP contribution in [0.15, 0.2) is 48.5 Å². The standard InChI is InChI=1S/C32H37F3O11/c1-19(36)41-18-27-28(43-20(2)37)29(44-21(3)38)30(45-22(4)39)31(46-27)40-16-6-5-7-23-10-14-26(15-11-23)42-17-24-8-12-25(13-9-24)32(33,34)35/h8-15,27-31H,5-7,16-18H2,1-4H3/t27-,28-,29+,30-,31-/m1/s1. The molecule has 252 valence electrons. The van der Waals surface area contributed by atoms with Crippen molar-refractivity contribution < 1.29 is 65.5 Å². The van der Waals surface area contributed by atoms with Crippen molar-refractivity contribution in [1.82, 2.24) is 0 Å². The highest BCUT2D eigenvalue weighted by Crippen LogP contribution is 2.31. The number of halogens is 3. The Morgan fingerprint density at radius 1 is 0.717 bits per heavy atom. The van der Waals surface area contributed by atoms with Crippen LogP contribution < -0.4 is 4.74 Å². The van der Waals surface area contributed by atoms with E-state index in [0.717, 1.165) is 38.5 Å². The lowest BCUT2D eigenvalue weighted by molar-refractivity contribution is -0.308. The molecule has 1 aliphatic rings. The SMILES string of the molecule is CC(=O)OC[C@H]1O[C@@H](OCCCCc2ccc(OCc3ccc(C(F)(F)F)cc3)cc2)[C@H](OC(C)=O)[C@@H](OC(C)=O)[C@@H]1OC(C)=O. The number of aryl methyl sites for hydroxylation is 1. The molecular weight excluding hydrogens is 617 g/mol. The first-order valence-corrected chi connectivity index (χ1v) is 14.5. The number of unbranched alkanes of at least 4 members (excludes halogenated alkanes) is 1. The third kappa shape index (κ3) is 11.6. The zero-order valence-electron chi connectivity index (χ0n) is 25.9. The number of alkyl halides is 3. The zero-order chi connectivity index (χ0) is 33.9. The van der Waals surface area contributed by atoms with Crippen molar-refractivity contribution >= 4 is 23.9 Å². The number of hydrogen-bond acceptors (Lipinski definition) is 11. The molecule has 0 bridgehead atoms. The molecule has 2 aromatic carbocycles. The summed E-state index contributed by atoms with van der Waals surface area (Å²) < 4.78 is 76.9. The van der Waals surface area contributed by atoms with Crippen molar-refractivity contribution in [2.75, 3.05) is 13.2 Å². The highest BCUT2D eigenvalue weighted by atomic mass is 19.4. The van der Waals surface area contributed by atoms with Gasteiger partial charge in [0.25, 0.3) is 0 Å². The summed E-state index contributed by atoms with van der Waals surface area (Å²) in [5, 5.41) is 0. The average molecular weight is 655 g/mol. The number of ether oxygens (including phenoxy) is 7. The molecule has 0 aromatic heterocycles. The van der Waals surface area contributed by atoms with E-state index in [1.807, 2.05) is 12.1 Å². The third-order valence-corrected chi connectivity index (χ3v) is 6.70. The number of carbonyl (C=O) groups is 4. The summed E-state index contributed by atoms with van der Waals surface area (Å²) in [6, 6.07) is 12.1. The molecule has 0 amide bonds. The summed E-state index contributed by atoms with van der Waals surface area (Å²) in [5.74, 6) is -2.23. The van der Waals surface area contributed by atoms with E-state index in [9.17, 15) is 32.3 Å². The summed E-state index contributed by atoms with van der Waals surface area (Å²) >= 11 is 0. The lowest BCUT2D eigenvalue weighted by Gasteiger charge is -2.44. The molecule has 3 rings (SSSR count). The van der Waals surface area contributed by atoms with Crippen LogP contribution >= 0.6 is 0 Å². The van der Waals surface area contributed by atoms with E-state index in [4.69, 9.17) is 33.2 Å². The van der Waals surface area contributed by atoms with Crippen molar-refractivity contribution in [1.29, 1.82) is 0 Å². The lowest BCUT2D eigenvalue weighted by Crippen LogP contribution is -2.63. The maximum atomic E-state index is 12.7. The molecular formula is C32H37F3O11. The van der Waals surface area contributed by atoms with E-state index in [-0.39, 0.29) is 19.8 Å². The van der Waals surface area contributed by atoms with E-state index in [2.05, 4.69) is 0 Å². The summed E-state index contributed by atoms with van der Waals surface area (Å²) in [6.07, 6.45) is -8.63. The summed E-state index contributed by atoms with van der Waals surface area (Å²) in [5.41, 5.74) is 0.895. The van der Waals surface area contributed by atoms with Crippen LogP contribution in [0.5, 0.6) is 5.75 Å². The number of rotatable bonds is 14. The second kappa shape index (κ2) is 16.9. The molecule has 11 nitrogen and oxygen atoms in total. The van der Waals surface area contributed by atoms with E-state index in [0.29, 0.717) is 30.6 Å². The molecule has 1 fully saturated rings. The highest BCUT2D eigenvalue weighted by Gasteiger charge is 2.52. The summed E-state index contributed by atoms with van der Waals surface area (Å²) in [6.45, 7) is 4.55. The van der Waals surface area contributed by atoms with Gasteiger partial charge in [0.1, 0.15) is 25.1 Å². The van der Waals surface area contributed by atoms with Gasteiger partial charge in [-0.1, -0.05) is 24.3 Å². The first-order chi connectivity index (χ1) is 21.7. The fourth-order valence-electron chi connectivity index (χ4n) is 4.66. The Kier molecular flexibility index (Phi) is 13.4. The number of carbonyl (C=O) groups excluding carboxylic acids is 4. The Labute approximate surface area is 264 Å². The molecule has 1 aliphatic heterocycles. The Morgan fingerprint density at radius 2 is 1.28 bits per heavy atom. The van der Waals surface area contributed by atoms with Crippen LogP contribution in [-0.2, 0) is 66.8 Å². The van der Waals surface area contributed by atoms with Gasteiger partial charge in [-0.25, -0.2) is 0 Å². The average Bonchev–Trinajstić information content (AvgIpc) is 2.97. The van der Waals surface area contributed by atoms with Crippen LogP contribution in [0.1, 0.15) is 57.2 Å². The molecule has 46 heavy (non-hydrogen) atoms. The van der Waals surface area contributed by atoms with Gasteiger partial charge in [0.2, 0.25) is 0 Å². The number of benzene rings is 2. The summed E-state index contributed by atoms with van der Waals surface area (Å²) in [4.78, 5) is 47.2. The van der Waals surface area contributed by atoms with Gasteiger partial charge in [-0.2, -0.15) is 13.2 Å². The Morgan fingerprint density at radius 3 is 1.85 bits per heavy atom. The van der Waals surface area contributed by atoms with E-state index >= 15 is 0 Å². The van der Waals surface area contributed by atoms with Gasteiger partial charge in [0.15, 0.2) is 24.6 Å². The van der Waals surface area contributed by atoms with Crippen molar-refractivity contribution in [2.24, 2.45) is 0 Å². The number of hydrogen-bond donors (Lipinski definition) is 0. The molecule has 0 saturated carbocycles. The molecule has 0 spiro atoms. The molecule has 2 aromatic rings. The largest absolute Gasteiger partial charge is 0.489 e. The van der Waals surface area contributed by atoms with E-state index in [1.54, 1.807) is 12.1 Å². The Bertz CT molecular complexity index is 1310. The Balaban J connectivity index is 1.55.